The number of hydroxylamine groups is 1. The van der Waals surface area contributed by atoms with Crippen LogP contribution in [0, 0.1) is 0 Å². The predicted molar refractivity (Wildman–Crippen MR) is 99.9 cm³/mol. The van der Waals surface area contributed by atoms with E-state index in [1.807, 2.05) is 24.3 Å². The van der Waals surface area contributed by atoms with E-state index >= 15 is 0 Å². The van der Waals surface area contributed by atoms with Gasteiger partial charge in [-0.15, -0.1) is 0 Å². The van der Waals surface area contributed by atoms with Crippen LogP contribution in [-0.4, -0.2) is 17.7 Å². The normalized spacial score (nSPS) is 10.7. The van der Waals surface area contributed by atoms with Crippen LogP contribution < -0.4 is 10.8 Å². The summed E-state index contributed by atoms with van der Waals surface area (Å²) in [5, 5.41) is 12.1. The molecule has 0 spiro atoms. The molecule has 3 rings (SSSR count). The van der Waals surface area contributed by atoms with E-state index < -0.39 is 5.91 Å². The Bertz CT molecular complexity index is 843. The first-order valence-electron chi connectivity index (χ1n) is 8.64. The summed E-state index contributed by atoms with van der Waals surface area (Å²) in [4.78, 5) is 11.4. The van der Waals surface area contributed by atoms with Crippen LogP contribution in [-0.2, 0) is 13.0 Å². The average molecular weight is 350 g/mol. The van der Waals surface area contributed by atoms with Crippen LogP contribution in [0.5, 0.6) is 0 Å². The van der Waals surface area contributed by atoms with Crippen LogP contribution in [0.25, 0.3) is 11.3 Å². The molecule has 5 heteroatoms. The first-order valence-corrected chi connectivity index (χ1v) is 8.64. The van der Waals surface area contributed by atoms with Gasteiger partial charge in [-0.05, 0) is 48.7 Å². The Morgan fingerprint density at radius 2 is 1.77 bits per heavy atom. The lowest BCUT2D eigenvalue weighted by Crippen LogP contribution is -2.17. The highest BCUT2D eigenvalue weighted by atomic mass is 16.5. The number of carbonyl (C=O) groups excluding carboxylic acids is 1. The second-order valence-corrected chi connectivity index (χ2v) is 6.07. The molecule has 0 saturated carbocycles. The third kappa shape index (κ3) is 4.81. The maximum Gasteiger partial charge on any atom is 0.310 e. The molecule has 26 heavy (non-hydrogen) atoms. The second kappa shape index (κ2) is 8.99. The van der Waals surface area contributed by atoms with Gasteiger partial charge in [0.2, 0.25) is 0 Å². The largest absolute Gasteiger partial charge is 0.451 e. The van der Waals surface area contributed by atoms with E-state index in [0.29, 0.717) is 5.76 Å². The van der Waals surface area contributed by atoms with Crippen molar-refractivity contribution in [2.24, 2.45) is 0 Å². The zero-order chi connectivity index (χ0) is 18.2. The van der Waals surface area contributed by atoms with E-state index in [-0.39, 0.29) is 5.76 Å². The molecule has 134 valence electrons. The van der Waals surface area contributed by atoms with Crippen molar-refractivity contribution in [3.05, 3.63) is 83.6 Å². The average Bonchev–Trinajstić information content (AvgIpc) is 3.18. The van der Waals surface area contributed by atoms with E-state index in [2.05, 4.69) is 35.6 Å². The first kappa shape index (κ1) is 17.9. The van der Waals surface area contributed by atoms with Crippen LogP contribution >= 0.6 is 0 Å². The summed E-state index contributed by atoms with van der Waals surface area (Å²) < 4.78 is 5.48. The number of nitrogens with one attached hydrogen (secondary N) is 2. The topological polar surface area (TPSA) is 74.5 Å². The van der Waals surface area contributed by atoms with E-state index in [1.165, 1.54) is 11.6 Å². The molecule has 0 fully saturated rings. The van der Waals surface area contributed by atoms with Gasteiger partial charge in [0.05, 0.1) is 0 Å². The summed E-state index contributed by atoms with van der Waals surface area (Å²) >= 11 is 0. The standard InChI is InChI=1S/C21H22N2O3/c24-21(23-25)20-12-11-19(26-20)18-10-4-8-17(14-18)15-22-13-5-9-16-6-2-1-3-7-16/h1-4,6-8,10-12,14,22,25H,5,9,13,15H2,(H,23,24). The molecule has 0 unspecified atom stereocenters. The molecule has 1 amide bonds. The number of rotatable bonds is 8. The Kier molecular flexibility index (Phi) is 6.19. The quantitative estimate of drug-likeness (QED) is 0.328. The highest BCUT2D eigenvalue weighted by molar-refractivity contribution is 5.91. The number of carbonyl (C=O) groups is 1. The number of furan rings is 1. The molecule has 3 N–H and O–H groups in total. The Balaban J connectivity index is 1.51. The number of hydrogen-bond donors (Lipinski definition) is 3. The molecule has 0 radical (unpaired) electrons. The van der Waals surface area contributed by atoms with Gasteiger partial charge < -0.3 is 9.73 Å². The van der Waals surface area contributed by atoms with Gasteiger partial charge in [0, 0.05) is 12.1 Å². The maximum atomic E-state index is 11.4. The molecule has 1 aromatic heterocycles. The third-order valence-corrected chi connectivity index (χ3v) is 4.13. The van der Waals surface area contributed by atoms with Crippen LogP contribution in [0.3, 0.4) is 0 Å². The van der Waals surface area contributed by atoms with Gasteiger partial charge in [-0.1, -0.05) is 48.5 Å². The van der Waals surface area contributed by atoms with Crippen molar-refractivity contribution in [1.29, 1.82) is 0 Å². The molecule has 0 bridgehead atoms. The van der Waals surface area contributed by atoms with E-state index in [9.17, 15) is 4.79 Å². The summed E-state index contributed by atoms with van der Waals surface area (Å²) in [5.74, 6) is 0.00829. The first-order chi connectivity index (χ1) is 12.8. The third-order valence-electron chi connectivity index (χ3n) is 4.13. The summed E-state index contributed by atoms with van der Waals surface area (Å²) in [6.45, 7) is 1.72. The fourth-order valence-corrected chi connectivity index (χ4v) is 2.80. The zero-order valence-electron chi connectivity index (χ0n) is 14.4. The lowest BCUT2D eigenvalue weighted by atomic mass is 10.1. The fourth-order valence-electron chi connectivity index (χ4n) is 2.80. The van der Waals surface area contributed by atoms with Gasteiger partial charge >= 0.3 is 5.91 Å². The Morgan fingerprint density at radius 3 is 2.58 bits per heavy atom. The minimum absolute atomic E-state index is 0.0759. The Hall–Kier alpha value is -2.89. The highest BCUT2D eigenvalue weighted by Gasteiger charge is 2.11. The minimum Gasteiger partial charge on any atom is -0.451 e. The molecule has 2 aromatic carbocycles. The Labute approximate surface area is 152 Å². The van der Waals surface area contributed by atoms with Gasteiger partial charge in [-0.3, -0.25) is 10.0 Å². The van der Waals surface area contributed by atoms with Gasteiger partial charge in [-0.25, -0.2) is 5.48 Å². The van der Waals surface area contributed by atoms with Gasteiger partial charge in [0.25, 0.3) is 0 Å². The van der Waals surface area contributed by atoms with E-state index in [1.54, 1.807) is 11.5 Å². The summed E-state index contributed by atoms with van der Waals surface area (Å²) in [7, 11) is 0. The molecule has 0 aliphatic carbocycles. The van der Waals surface area contributed by atoms with Crippen LogP contribution in [0.4, 0.5) is 0 Å². The number of benzene rings is 2. The number of amides is 1. The molecule has 0 aliphatic heterocycles. The molecule has 0 aliphatic rings. The summed E-state index contributed by atoms with van der Waals surface area (Å²) in [6.07, 6.45) is 2.15. The van der Waals surface area contributed by atoms with Crippen molar-refractivity contribution in [3.63, 3.8) is 0 Å². The van der Waals surface area contributed by atoms with Crippen LogP contribution in [0.1, 0.15) is 28.1 Å². The van der Waals surface area contributed by atoms with Crippen molar-refractivity contribution in [3.8, 4) is 11.3 Å². The monoisotopic (exact) mass is 350 g/mol. The van der Waals surface area contributed by atoms with Gasteiger partial charge in [0.15, 0.2) is 5.76 Å². The maximum absolute atomic E-state index is 11.4. The van der Waals surface area contributed by atoms with Gasteiger partial charge in [0.1, 0.15) is 5.76 Å². The van der Waals surface area contributed by atoms with E-state index in [4.69, 9.17) is 9.62 Å². The van der Waals surface area contributed by atoms with Crippen molar-refractivity contribution >= 4 is 5.91 Å². The predicted octanol–water partition coefficient (Wildman–Crippen LogP) is 3.79. The smallest absolute Gasteiger partial charge is 0.310 e. The zero-order valence-corrected chi connectivity index (χ0v) is 14.4. The minimum atomic E-state index is -0.660. The molecule has 5 nitrogen and oxygen atoms in total. The highest BCUT2D eigenvalue weighted by Crippen LogP contribution is 2.23. The van der Waals surface area contributed by atoms with Crippen molar-refractivity contribution < 1.29 is 14.4 Å². The molecular weight excluding hydrogens is 328 g/mol. The van der Waals surface area contributed by atoms with Crippen molar-refractivity contribution in [2.75, 3.05) is 6.54 Å². The molecule has 3 aromatic rings. The molecular formula is C21H22N2O3. The second-order valence-electron chi connectivity index (χ2n) is 6.07. The summed E-state index contributed by atoms with van der Waals surface area (Å²) in [5.41, 5.74) is 4.96. The Morgan fingerprint density at radius 1 is 0.962 bits per heavy atom. The van der Waals surface area contributed by atoms with E-state index in [0.717, 1.165) is 37.1 Å². The lowest BCUT2D eigenvalue weighted by Gasteiger charge is -2.07. The van der Waals surface area contributed by atoms with Crippen LogP contribution in [0.15, 0.2) is 71.1 Å². The van der Waals surface area contributed by atoms with Crippen LogP contribution in [0.2, 0.25) is 0 Å². The fraction of sp³-hybridized carbons (Fsp3) is 0.190. The number of hydrogen-bond acceptors (Lipinski definition) is 4. The van der Waals surface area contributed by atoms with Crippen molar-refractivity contribution in [2.45, 2.75) is 19.4 Å². The summed E-state index contributed by atoms with van der Waals surface area (Å²) in [6, 6.07) is 21.7. The molecule has 0 saturated heterocycles. The SMILES string of the molecule is O=C(NO)c1ccc(-c2cccc(CNCCCc3ccccc3)c2)o1. The molecule has 0 atom stereocenters. The van der Waals surface area contributed by atoms with Gasteiger partial charge in [-0.2, -0.15) is 0 Å². The number of aryl methyl sites for hydroxylation is 1. The lowest BCUT2D eigenvalue weighted by molar-refractivity contribution is 0.0677. The molecule has 1 heterocycles. The van der Waals surface area contributed by atoms with Crippen molar-refractivity contribution in [1.82, 2.24) is 10.8 Å².